The van der Waals surface area contributed by atoms with Gasteiger partial charge in [0.2, 0.25) is 5.88 Å². The summed E-state index contributed by atoms with van der Waals surface area (Å²) in [6.45, 7) is 10.6. The van der Waals surface area contributed by atoms with Crippen LogP contribution < -0.4 is 5.56 Å². The van der Waals surface area contributed by atoms with Gasteiger partial charge in [-0.25, -0.2) is 9.59 Å². The molecule has 0 bridgehead atoms. The zero-order valence-corrected chi connectivity index (χ0v) is 27.7. The van der Waals surface area contributed by atoms with Crippen molar-refractivity contribution in [1.82, 2.24) is 4.57 Å². The van der Waals surface area contributed by atoms with Gasteiger partial charge in [0.15, 0.2) is 5.69 Å². The van der Waals surface area contributed by atoms with Gasteiger partial charge in [-0.05, 0) is 50.3 Å². The summed E-state index contributed by atoms with van der Waals surface area (Å²) in [4.78, 5) is 39.0. The molecular weight excluding hydrogens is 572 g/mol. The lowest BCUT2D eigenvalue weighted by atomic mass is 9.99. The van der Waals surface area contributed by atoms with Crippen molar-refractivity contribution in [3.8, 4) is 11.9 Å². The second kappa shape index (κ2) is 20.1. The highest BCUT2D eigenvalue weighted by molar-refractivity contribution is 5.98. The molecule has 0 aliphatic rings. The first kappa shape index (κ1) is 37.2. The van der Waals surface area contributed by atoms with Gasteiger partial charge in [0, 0.05) is 12.1 Å². The van der Waals surface area contributed by atoms with Crippen LogP contribution in [0.15, 0.2) is 33.2 Å². The van der Waals surface area contributed by atoms with E-state index in [4.69, 9.17) is 9.47 Å². The normalized spacial score (nSPS) is 11.8. The number of azo groups is 1. The average molecular weight is 623 g/mol. The molecule has 2 aromatic rings. The van der Waals surface area contributed by atoms with Crippen LogP contribution in [0.5, 0.6) is 5.88 Å². The zero-order chi connectivity index (χ0) is 33.2. The summed E-state index contributed by atoms with van der Waals surface area (Å²) in [6, 6.07) is 6.28. The molecule has 0 aliphatic heterocycles. The SMILES string of the molecule is CCCCCCOC(=O)c1ccc(C(=O)OCCCCCC)c(/N=N/c2c(C)c(C#N)c(=O)n(CC(CC)CCCC)c2O)c1. The number of aromatic hydroxyl groups is 1. The second-order valence-corrected chi connectivity index (χ2v) is 11.4. The van der Waals surface area contributed by atoms with Gasteiger partial charge in [-0.2, -0.15) is 5.26 Å². The Morgan fingerprint density at radius 2 is 1.53 bits per heavy atom. The molecule has 2 rings (SSSR count). The van der Waals surface area contributed by atoms with Crippen molar-refractivity contribution < 1.29 is 24.2 Å². The summed E-state index contributed by atoms with van der Waals surface area (Å²) in [5.41, 5.74) is -0.298. The molecule has 0 aliphatic carbocycles. The number of hydrogen-bond acceptors (Lipinski definition) is 9. The van der Waals surface area contributed by atoms with E-state index in [1.165, 1.54) is 29.7 Å². The Hall–Kier alpha value is -4.00. The quantitative estimate of drug-likeness (QED) is 0.0882. The minimum Gasteiger partial charge on any atom is -0.493 e. The summed E-state index contributed by atoms with van der Waals surface area (Å²) in [5, 5.41) is 29.5. The van der Waals surface area contributed by atoms with Crippen molar-refractivity contribution in [2.45, 2.75) is 118 Å². The van der Waals surface area contributed by atoms with E-state index >= 15 is 0 Å². The van der Waals surface area contributed by atoms with E-state index < -0.39 is 23.4 Å². The molecule has 10 nitrogen and oxygen atoms in total. The lowest BCUT2D eigenvalue weighted by Crippen LogP contribution is -2.27. The van der Waals surface area contributed by atoms with Crippen molar-refractivity contribution >= 4 is 23.3 Å². The predicted octanol–water partition coefficient (Wildman–Crippen LogP) is 8.84. The minimum atomic E-state index is -0.620. The fourth-order valence-electron chi connectivity index (χ4n) is 4.97. The van der Waals surface area contributed by atoms with Crippen LogP contribution >= 0.6 is 0 Å². The molecule has 0 radical (unpaired) electrons. The number of hydrogen-bond donors (Lipinski definition) is 1. The molecule has 1 heterocycles. The summed E-state index contributed by atoms with van der Waals surface area (Å²) in [5.74, 6) is -1.46. The average Bonchev–Trinajstić information content (AvgIpc) is 3.04. The number of unbranched alkanes of at least 4 members (excludes halogenated alkanes) is 7. The van der Waals surface area contributed by atoms with E-state index in [2.05, 4.69) is 31.0 Å². The van der Waals surface area contributed by atoms with Crippen molar-refractivity contribution in [3.05, 3.63) is 50.8 Å². The van der Waals surface area contributed by atoms with Crippen LogP contribution in [0, 0.1) is 24.2 Å². The minimum absolute atomic E-state index is 0.0402. The van der Waals surface area contributed by atoms with Crippen LogP contribution in [0.2, 0.25) is 0 Å². The number of pyridine rings is 1. The Bertz CT molecular complexity index is 1390. The van der Waals surface area contributed by atoms with Crippen LogP contribution in [0.1, 0.15) is 137 Å². The lowest BCUT2D eigenvalue weighted by molar-refractivity contribution is 0.0484. The summed E-state index contributed by atoms with van der Waals surface area (Å²) < 4.78 is 12.1. The summed E-state index contributed by atoms with van der Waals surface area (Å²) >= 11 is 0. The molecule has 246 valence electrons. The molecule has 1 aromatic heterocycles. The predicted molar refractivity (Wildman–Crippen MR) is 175 cm³/mol. The largest absolute Gasteiger partial charge is 0.493 e. The third-order valence-electron chi connectivity index (χ3n) is 7.93. The van der Waals surface area contributed by atoms with Gasteiger partial charge in [-0.15, -0.1) is 10.2 Å². The molecule has 0 fully saturated rings. The highest BCUT2D eigenvalue weighted by Crippen LogP contribution is 2.34. The maximum absolute atomic E-state index is 13.2. The van der Waals surface area contributed by atoms with Crippen LogP contribution in [-0.4, -0.2) is 34.8 Å². The number of ether oxygens (including phenoxy) is 2. The van der Waals surface area contributed by atoms with Crippen LogP contribution in [-0.2, 0) is 16.0 Å². The van der Waals surface area contributed by atoms with Gasteiger partial charge in [0.1, 0.15) is 17.3 Å². The van der Waals surface area contributed by atoms with E-state index in [1.807, 2.05) is 13.0 Å². The molecule has 1 atom stereocenters. The van der Waals surface area contributed by atoms with Crippen molar-refractivity contribution in [2.75, 3.05) is 13.2 Å². The van der Waals surface area contributed by atoms with Gasteiger partial charge in [-0.3, -0.25) is 9.36 Å². The molecule has 1 aromatic carbocycles. The first-order valence-corrected chi connectivity index (χ1v) is 16.5. The van der Waals surface area contributed by atoms with Gasteiger partial charge >= 0.3 is 11.9 Å². The molecule has 1 unspecified atom stereocenters. The van der Waals surface area contributed by atoms with E-state index in [-0.39, 0.29) is 59.3 Å². The smallest absolute Gasteiger partial charge is 0.340 e. The Balaban J connectivity index is 2.51. The fraction of sp³-hybridized carbons (Fsp3) is 0.600. The first-order valence-electron chi connectivity index (χ1n) is 16.5. The molecule has 10 heteroatoms. The highest BCUT2D eigenvalue weighted by atomic mass is 16.5. The zero-order valence-electron chi connectivity index (χ0n) is 27.7. The second-order valence-electron chi connectivity index (χ2n) is 11.4. The maximum Gasteiger partial charge on any atom is 0.340 e. The third kappa shape index (κ3) is 11.1. The molecule has 1 N–H and O–H groups in total. The molecule has 0 amide bonds. The van der Waals surface area contributed by atoms with Crippen molar-refractivity contribution in [2.24, 2.45) is 16.1 Å². The van der Waals surface area contributed by atoms with E-state index in [1.54, 1.807) is 0 Å². The Morgan fingerprint density at radius 1 is 0.911 bits per heavy atom. The molecular formula is C35H50N4O6. The van der Waals surface area contributed by atoms with Crippen LogP contribution in [0.3, 0.4) is 0 Å². The first-order chi connectivity index (χ1) is 21.7. The summed E-state index contributed by atoms with van der Waals surface area (Å²) in [6.07, 6.45) is 11.2. The number of aromatic nitrogens is 1. The van der Waals surface area contributed by atoms with E-state index in [0.29, 0.717) is 0 Å². The van der Waals surface area contributed by atoms with Gasteiger partial charge in [0.25, 0.3) is 5.56 Å². The summed E-state index contributed by atoms with van der Waals surface area (Å²) in [7, 11) is 0. The number of nitrogens with zero attached hydrogens (tertiary/aromatic N) is 4. The van der Waals surface area contributed by atoms with Crippen LogP contribution in [0.25, 0.3) is 0 Å². The Morgan fingerprint density at radius 3 is 2.11 bits per heavy atom. The standard InChI is InChI=1S/C35H50N4O6/c1-6-10-13-15-20-44-34(42)27-18-19-28(35(43)45-21-16-14-11-7-2)30(22-27)37-38-31-25(5)29(23-36)32(40)39(33(31)41)24-26(9-4)17-12-8-3/h18-19,22,26,41H,6-17,20-21,24H2,1-5H3/b38-37+. The number of benzene rings is 1. The monoisotopic (exact) mass is 622 g/mol. The number of rotatable bonds is 20. The van der Waals surface area contributed by atoms with Crippen molar-refractivity contribution in [1.29, 1.82) is 5.26 Å². The Kier molecular flexibility index (Phi) is 16.6. The van der Waals surface area contributed by atoms with Gasteiger partial charge < -0.3 is 14.6 Å². The molecule has 0 spiro atoms. The topological polar surface area (TPSA) is 143 Å². The van der Waals surface area contributed by atoms with E-state index in [9.17, 15) is 24.8 Å². The lowest BCUT2D eigenvalue weighted by Gasteiger charge is -2.19. The number of nitriles is 1. The van der Waals surface area contributed by atoms with Gasteiger partial charge in [0.05, 0.1) is 24.3 Å². The Labute approximate surface area is 267 Å². The number of esters is 2. The molecule has 45 heavy (non-hydrogen) atoms. The third-order valence-corrected chi connectivity index (χ3v) is 7.93. The fourth-order valence-corrected chi connectivity index (χ4v) is 4.97. The highest BCUT2D eigenvalue weighted by Gasteiger charge is 2.22. The van der Waals surface area contributed by atoms with E-state index in [0.717, 1.165) is 77.0 Å². The van der Waals surface area contributed by atoms with Crippen LogP contribution in [0.4, 0.5) is 11.4 Å². The number of carbonyl (C=O) groups is 2. The number of carbonyl (C=O) groups excluding carboxylic acids is 2. The maximum atomic E-state index is 13.2. The molecule has 0 saturated heterocycles. The van der Waals surface area contributed by atoms with Crippen molar-refractivity contribution in [3.63, 3.8) is 0 Å². The molecule has 0 saturated carbocycles. The van der Waals surface area contributed by atoms with Gasteiger partial charge in [-0.1, -0.05) is 85.5 Å².